The molecule has 0 fully saturated rings. The first kappa shape index (κ1) is 14.5. The number of aromatic nitrogens is 2. The lowest BCUT2D eigenvalue weighted by molar-refractivity contribution is 0.496. The van der Waals surface area contributed by atoms with Crippen molar-refractivity contribution in [3.8, 4) is 0 Å². The fraction of sp³-hybridized carbons (Fsp3) is 0.333. The minimum Gasteiger partial charge on any atom is -0.466 e. The van der Waals surface area contributed by atoms with Crippen molar-refractivity contribution in [2.45, 2.75) is 31.7 Å². The number of hydrogen-bond donors (Lipinski definition) is 2. The molecule has 2 heterocycles. The third-order valence-corrected chi connectivity index (χ3v) is 4.33. The summed E-state index contributed by atoms with van der Waals surface area (Å²) in [4.78, 5) is 7.32. The number of nitrogens with zero attached hydrogens (tertiary/aromatic N) is 2. The number of anilines is 1. The number of nitrogen functional groups attached to an aromatic ring is 1. The van der Waals surface area contributed by atoms with Crippen molar-refractivity contribution in [1.29, 1.82) is 0 Å². The lowest BCUT2D eigenvalue weighted by Gasteiger charge is -2.13. The van der Waals surface area contributed by atoms with Gasteiger partial charge in [-0.3, -0.25) is 0 Å². The second-order valence-corrected chi connectivity index (χ2v) is 6.20. The number of nitrogens with two attached hydrogens (primary N) is 1. The Hall–Kier alpha value is -1.93. The Morgan fingerprint density at radius 1 is 1.30 bits per heavy atom. The van der Waals surface area contributed by atoms with Gasteiger partial charge in [0.05, 0.1) is 12.4 Å². The van der Waals surface area contributed by atoms with Gasteiger partial charge in [0.15, 0.2) is 0 Å². The van der Waals surface area contributed by atoms with Crippen molar-refractivity contribution in [2.75, 3.05) is 5.73 Å². The first-order valence-corrected chi connectivity index (χ1v) is 7.44. The first-order chi connectivity index (χ1) is 9.29. The van der Waals surface area contributed by atoms with Crippen LogP contribution in [0.25, 0.3) is 0 Å². The van der Waals surface area contributed by atoms with E-state index in [4.69, 9.17) is 10.2 Å². The topological polar surface area (TPSA) is 111 Å². The highest BCUT2D eigenvalue weighted by Crippen LogP contribution is 2.22. The van der Waals surface area contributed by atoms with E-state index in [1.54, 1.807) is 13.8 Å². The van der Waals surface area contributed by atoms with E-state index in [0.717, 1.165) is 11.3 Å². The summed E-state index contributed by atoms with van der Waals surface area (Å²) in [7, 11) is -3.70. The van der Waals surface area contributed by atoms with Crippen LogP contribution in [0.3, 0.4) is 0 Å². The number of rotatable bonds is 4. The van der Waals surface area contributed by atoms with Crippen LogP contribution < -0.4 is 10.5 Å². The standard InChI is InChI=1S/C12H16N4O3S/c1-7-4-11(9(3)19-7)8(2)16-20(17,18)10-5-14-12(13)15-6-10/h4-6,8,16H,1-3H3,(H2,13,14,15). The highest BCUT2D eigenvalue weighted by molar-refractivity contribution is 7.89. The van der Waals surface area contributed by atoms with Gasteiger partial charge in [0.1, 0.15) is 16.4 Å². The Bertz CT molecular complexity index is 707. The lowest BCUT2D eigenvalue weighted by atomic mass is 10.1. The number of hydrogen-bond acceptors (Lipinski definition) is 6. The molecule has 1 atom stereocenters. The Morgan fingerprint density at radius 2 is 1.90 bits per heavy atom. The molecule has 0 aliphatic heterocycles. The molecule has 3 N–H and O–H groups in total. The van der Waals surface area contributed by atoms with Crippen molar-refractivity contribution in [3.63, 3.8) is 0 Å². The molecule has 0 aliphatic rings. The van der Waals surface area contributed by atoms with Crippen LogP contribution in [0.15, 0.2) is 27.8 Å². The zero-order chi connectivity index (χ0) is 14.9. The monoisotopic (exact) mass is 296 g/mol. The Balaban J connectivity index is 2.24. The second kappa shape index (κ2) is 5.22. The molecule has 2 aromatic rings. The van der Waals surface area contributed by atoms with Crippen LogP contribution in [0.2, 0.25) is 0 Å². The van der Waals surface area contributed by atoms with Gasteiger partial charge in [0.2, 0.25) is 16.0 Å². The molecule has 108 valence electrons. The van der Waals surface area contributed by atoms with Crippen molar-refractivity contribution < 1.29 is 12.8 Å². The van der Waals surface area contributed by atoms with Crippen LogP contribution in [-0.2, 0) is 10.0 Å². The van der Waals surface area contributed by atoms with E-state index < -0.39 is 16.1 Å². The van der Waals surface area contributed by atoms with E-state index in [-0.39, 0.29) is 10.8 Å². The molecule has 8 heteroatoms. The maximum absolute atomic E-state index is 12.2. The smallest absolute Gasteiger partial charge is 0.244 e. The highest BCUT2D eigenvalue weighted by atomic mass is 32.2. The van der Waals surface area contributed by atoms with Gasteiger partial charge in [-0.05, 0) is 26.8 Å². The average molecular weight is 296 g/mol. The predicted octanol–water partition coefficient (Wildman–Crippen LogP) is 1.31. The molecule has 2 rings (SSSR count). The number of sulfonamides is 1. The summed E-state index contributed by atoms with van der Waals surface area (Å²) in [5.74, 6) is 1.45. The van der Waals surface area contributed by atoms with E-state index in [2.05, 4.69) is 14.7 Å². The lowest BCUT2D eigenvalue weighted by Crippen LogP contribution is -2.27. The SMILES string of the molecule is Cc1cc(C(C)NS(=O)(=O)c2cnc(N)nc2)c(C)o1. The van der Waals surface area contributed by atoms with Gasteiger partial charge in [-0.25, -0.2) is 23.1 Å². The van der Waals surface area contributed by atoms with Crippen LogP contribution in [-0.4, -0.2) is 18.4 Å². The van der Waals surface area contributed by atoms with Crippen LogP contribution >= 0.6 is 0 Å². The third-order valence-electron chi connectivity index (χ3n) is 2.84. The van der Waals surface area contributed by atoms with Crippen LogP contribution in [0.5, 0.6) is 0 Å². The molecular weight excluding hydrogens is 280 g/mol. The molecule has 0 aromatic carbocycles. The summed E-state index contributed by atoms with van der Waals surface area (Å²) in [5, 5.41) is 0. The zero-order valence-electron chi connectivity index (χ0n) is 11.4. The molecule has 7 nitrogen and oxygen atoms in total. The van der Waals surface area contributed by atoms with Crippen molar-refractivity contribution >= 4 is 16.0 Å². The van der Waals surface area contributed by atoms with Crippen molar-refractivity contribution in [1.82, 2.24) is 14.7 Å². The minimum absolute atomic E-state index is 0.0262. The summed E-state index contributed by atoms with van der Waals surface area (Å²) in [6.45, 7) is 5.35. The maximum atomic E-state index is 12.2. The fourth-order valence-electron chi connectivity index (χ4n) is 1.91. The summed E-state index contributed by atoms with van der Waals surface area (Å²) in [6.07, 6.45) is 2.34. The predicted molar refractivity (Wildman–Crippen MR) is 73.4 cm³/mol. The van der Waals surface area contributed by atoms with Gasteiger partial charge in [0.25, 0.3) is 0 Å². The second-order valence-electron chi connectivity index (χ2n) is 4.49. The van der Waals surface area contributed by atoms with Gasteiger partial charge in [-0.2, -0.15) is 0 Å². The molecule has 20 heavy (non-hydrogen) atoms. The van der Waals surface area contributed by atoms with Crippen molar-refractivity contribution in [3.05, 3.63) is 35.5 Å². The van der Waals surface area contributed by atoms with Crippen LogP contribution in [0, 0.1) is 13.8 Å². The van der Waals surface area contributed by atoms with E-state index in [1.165, 1.54) is 12.4 Å². The van der Waals surface area contributed by atoms with Gasteiger partial charge >= 0.3 is 0 Å². The minimum atomic E-state index is -3.70. The molecule has 0 saturated carbocycles. The summed E-state index contributed by atoms with van der Waals surface area (Å²) < 4.78 is 32.3. The van der Waals surface area contributed by atoms with E-state index in [0.29, 0.717) is 5.76 Å². The van der Waals surface area contributed by atoms with Gasteiger partial charge < -0.3 is 10.2 Å². The van der Waals surface area contributed by atoms with Crippen LogP contribution in [0.1, 0.15) is 30.0 Å². The molecule has 0 saturated heterocycles. The number of nitrogens with one attached hydrogen (secondary N) is 1. The largest absolute Gasteiger partial charge is 0.466 e. The normalized spacial score (nSPS) is 13.3. The summed E-state index contributed by atoms with van der Waals surface area (Å²) >= 11 is 0. The summed E-state index contributed by atoms with van der Waals surface area (Å²) in [6, 6.07) is 1.39. The third kappa shape index (κ3) is 2.97. The molecule has 0 aliphatic carbocycles. The van der Waals surface area contributed by atoms with Gasteiger partial charge in [-0.15, -0.1) is 0 Å². The molecule has 0 bridgehead atoms. The quantitative estimate of drug-likeness (QED) is 0.880. The molecule has 1 unspecified atom stereocenters. The Morgan fingerprint density at radius 3 is 2.40 bits per heavy atom. The zero-order valence-corrected chi connectivity index (χ0v) is 12.2. The Kier molecular flexibility index (Phi) is 3.78. The first-order valence-electron chi connectivity index (χ1n) is 5.96. The number of aryl methyl sites for hydroxylation is 2. The molecular formula is C12H16N4O3S. The molecule has 0 radical (unpaired) electrons. The van der Waals surface area contributed by atoms with E-state index in [9.17, 15) is 8.42 Å². The van der Waals surface area contributed by atoms with Gasteiger partial charge in [0, 0.05) is 11.6 Å². The fourth-order valence-corrected chi connectivity index (χ4v) is 3.02. The average Bonchev–Trinajstić information content (AvgIpc) is 2.68. The highest BCUT2D eigenvalue weighted by Gasteiger charge is 2.21. The van der Waals surface area contributed by atoms with Crippen molar-refractivity contribution in [2.24, 2.45) is 0 Å². The molecule has 0 amide bonds. The number of furan rings is 1. The summed E-state index contributed by atoms with van der Waals surface area (Å²) in [5.41, 5.74) is 6.13. The van der Waals surface area contributed by atoms with E-state index in [1.807, 2.05) is 13.0 Å². The molecule has 0 spiro atoms. The maximum Gasteiger partial charge on any atom is 0.244 e. The van der Waals surface area contributed by atoms with Gasteiger partial charge in [-0.1, -0.05) is 0 Å². The van der Waals surface area contributed by atoms with E-state index >= 15 is 0 Å². The molecule has 2 aromatic heterocycles. The van der Waals surface area contributed by atoms with Crippen LogP contribution in [0.4, 0.5) is 5.95 Å². The Labute approximate surface area is 117 Å².